The average molecular weight is 388 g/mol. The van der Waals surface area contributed by atoms with Crippen LogP contribution in [-0.2, 0) is 6.54 Å². The fourth-order valence-electron chi connectivity index (χ4n) is 2.75. The Kier molecular flexibility index (Phi) is 7.66. The Bertz CT molecular complexity index is 714. The quantitative estimate of drug-likeness (QED) is 0.810. The maximum atomic E-state index is 12.7. The zero-order valence-corrected chi connectivity index (χ0v) is 15.9. The van der Waals surface area contributed by atoms with Gasteiger partial charge >= 0.3 is 0 Å². The first kappa shape index (κ1) is 21.2. The number of rotatable bonds is 3. The Hall–Kier alpha value is -1.83. The van der Waals surface area contributed by atoms with Crippen molar-refractivity contribution in [2.45, 2.75) is 20.4 Å². The van der Waals surface area contributed by atoms with Crippen LogP contribution in [-0.4, -0.2) is 52.0 Å². The molecule has 3 rings (SSSR count). The molecule has 1 fully saturated rings. The Balaban J connectivity index is 0.00000156. The number of hydrogen-bond donors (Lipinski definition) is 1. The number of anilines is 1. The number of hydrogen-bond acceptors (Lipinski definition) is 6. The Morgan fingerprint density at radius 1 is 1.20 bits per heavy atom. The monoisotopic (exact) mass is 387 g/mol. The van der Waals surface area contributed by atoms with Crippen molar-refractivity contribution in [3.63, 3.8) is 0 Å². The van der Waals surface area contributed by atoms with E-state index in [-0.39, 0.29) is 30.7 Å². The van der Waals surface area contributed by atoms with Crippen molar-refractivity contribution in [3.8, 4) is 0 Å². The average Bonchev–Trinajstić information content (AvgIpc) is 2.95. The highest BCUT2D eigenvalue weighted by Gasteiger charge is 2.24. The van der Waals surface area contributed by atoms with E-state index in [0.29, 0.717) is 42.6 Å². The summed E-state index contributed by atoms with van der Waals surface area (Å²) < 4.78 is 4.98. The van der Waals surface area contributed by atoms with E-state index < -0.39 is 0 Å². The van der Waals surface area contributed by atoms with Crippen LogP contribution in [0.1, 0.15) is 27.6 Å². The molecule has 0 bridgehead atoms. The number of aryl methyl sites for hydroxylation is 2. The van der Waals surface area contributed by atoms with Gasteiger partial charge in [-0.1, -0.05) is 11.2 Å². The molecule has 2 aromatic rings. The lowest BCUT2D eigenvalue weighted by atomic mass is 10.1. The second-order valence-corrected chi connectivity index (χ2v) is 5.87. The first-order valence-electron chi connectivity index (χ1n) is 7.70. The number of aromatic nitrogens is 2. The molecule has 2 heterocycles. The van der Waals surface area contributed by atoms with Gasteiger partial charge in [0.2, 0.25) is 5.89 Å². The van der Waals surface area contributed by atoms with Crippen LogP contribution in [0.15, 0.2) is 22.7 Å². The minimum atomic E-state index is 0. The summed E-state index contributed by atoms with van der Waals surface area (Å²) >= 11 is 0. The second kappa shape index (κ2) is 9.03. The second-order valence-electron chi connectivity index (χ2n) is 5.87. The Morgan fingerprint density at radius 3 is 2.48 bits per heavy atom. The van der Waals surface area contributed by atoms with E-state index in [1.807, 2.05) is 24.0 Å². The van der Waals surface area contributed by atoms with Crippen LogP contribution in [0.3, 0.4) is 0 Å². The van der Waals surface area contributed by atoms with Gasteiger partial charge in [0.25, 0.3) is 5.91 Å². The summed E-state index contributed by atoms with van der Waals surface area (Å²) in [6, 6.07) is 5.46. The van der Waals surface area contributed by atoms with Gasteiger partial charge in [0.1, 0.15) is 0 Å². The molecular formula is C16H23Cl2N5O2. The summed E-state index contributed by atoms with van der Waals surface area (Å²) in [4.78, 5) is 21.0. The molecular weight excluding hydrogens is 365 g/mol. The molecule has 9 heteroatoms. The summed E-state index contributed by atoms with van der Waals surface area (Å²) in [5, 5.41) is 3.91. The van der Waals surface area contributed by atoms with Crippen LogP contribution in [0.25, 0.3) is 0 Å². The maximum Gasteiger partial charge on any atom is 0.254 e. The number of nitrogens with two attached hydrogens (primary N) is 1. The molecule has 1 amide bonds. The van der Waals surface area contributed by atoms with Crippen molar-refractivity contribution < 1.29 is 9.32 Å². The summed E-state index contributed by atoms with van der Waals surface area (Å²) in [6.45, 7) is 7.31. The molecule has 0 spiro atoms. The third-order valence-electron chi connectivity index (χ3n) is 4.09. The molecule has 1 aliphatic rings. The normalized spacial score (nSPS) is 14.6. The summed E-state index contributed by atoms with van der Waals surface area (Å²) in [5.74, 6) is 1.31. The molecule has 0 saturated carbocycles. The van der Waals surface area contributed by atoms with Crippen molar-refractivity contribution in [2.24, 2.45) is 0 Å². The van der Waals surface area contributed by atoms with Crippen molar-refractivity contribution in [2.75, 3.05) is 31.9 Å². The Labute approximate surface area is 159 Å². The van der Waals surface area contributed by atoms with Crippen LogP contribution >= 0.6 is 24.8 Å². The number of nitrogens with zero attached hydrogens (tertiary/aromatic N) is 4. The number of carbonyl (C=O) groups excluding carboxylic acids is 1. The molecule has 0 aliphatic carbocycles. The van der Waals surface area contributed by atoms with Crippen molar-refractivity contribution in [1.29, 1.82) is 0 Å². The molecule has 1 aliphatic heterocycles. The summed E-state index contributed by atoms with van der Waals surface area (Å²) in [5.41, 5.74) is 8.06. The predicted molar refractivity (Wildman–Crippen MR) is 100 cm³/mol. The highest BCUT2D eigenvalue weighted by Crippen LogP contribution is 2.16. The van der Waals surface area contributed by atoms with Crippen molar-refractivity contribution in [3.05, 3.63) is 41.0 Å². The van der Waals surface area contributed by atoms with E-state index in [1.165, 1.54) is 0 Å². The van der Waals surface area contributed by atoms with E-state index >= 15 is 0 Å². The van der Waals surface area contributed by atoms with Gasteiger partial charge in [-0.3, -0.25) is 9.69 Å². The molecule has 1 aromatic carbocycles. The van der Waals surface area contributed by atoms with E-state index in [1.54, 1.807) is 13.0 Å². The molecule has 1 aromatic heterocycles. The number of piperazine rings is 1. The van der Waals surface area contributed by atoms with E-state index in [9.17, 15) is 4.79 Å². The van der Waals surface area contributed by atoms with Gasteiger partial charge in [0.15, 0.2) is 5.82 Å². The Morgan fingerprint density at radius 2 is 1.88 bits per heavy atom. The lowest BCUT2D eigenvalue weighted by Gasteiger charge is -2.34. The summed E-state index contributed by atoms with van der Waals surface area (Å²) in [7, 11) is 0. The smallest absolute Gasteiger partial charge is 0.254 e. The minimum absolute atomic E-state index is 0. The molecule has 138 valence electrons. The van der Waals surface area contributed by atoms with Gasteiger partial charge in [-0.2, -0.15) is 4.98 Å². The number of carbonyl (C=O) groups is 1. The van der Waals surface area contributed by atoms with E-state index in [4.69, 9.17) is 10.3 Å². The highest BCUT2D eigenvalue weighted by atomic mass is 35.5. The van der Waals surface area contributed by atoms with Crippen LogP contribution in [0.5, 0.6) is 0 Å². The van der Waals surface area contributed by atoms with Crippen LogP contribution in [0, 0.1) is 13.8 Å². The predicted octanol–water partition coefficient (Wildman–Crippen LogP) is 2.07. The molecule has 7 nitrogen and oxygen atoms in total. The highest BCUT2D eigenvalue weighted by molar-refractivity contribution is 5.96. The molecule has 25 heavy (non-hydrogen) atoms. The lowest BCUT2D eigenvalue weighted by molar-refractivity contribution is 0.0623. The molecule has 0 atom stereocenters. The van der Waals surface area contributed by atoms with Crippen molar-refractivity contribution >= 4 is 36.4 Å². The fraction of sp³-hybridized carbons (Fsp3) is 0.438. The molecule has 0 radical (unpaired) electrons. The number of halogens is 2. The molecule has 1 saturated heterocycles. The third-order valence-corrected chi connectivity index (χ3v) is 4.09. The number of amides is 1. The topological polar surface area (TPSA) is 88.5 Å². The maximum absolute atomic E-state index is 12.7. The minimum Gasteiger partial charge on any atom is -0.399 e. The fourth-order valence-corrected chi connectivity index (χ4v) is 2.75. The van der Waals surface area contributed by atoms with E-state index in [0.717, 1.165) is 18.7 Å². The standard InChI is InChI=1S/C16H21N5O2.2ClH/c1-11-3-4-13(17)9-14(11)16(22)21-7-5-20(6-8-21)10-15-18-12(2)23-19-15;;/h3-4,9H,5-8,10,17H2,1-2H3;2*1H. The lowest BCUT2D eigenvalue weighted by Crippen LogP contribution is -2.48. The van der Waals surface area contributed by atoms with Crippen LogP contribution in [0.2, 0.25) is 0 Å². The first-order chi connectivity index (χ1) is 11.0. The zero-order chi connectivity index (χ0) is 16.4. The largest absolute Gasteiger partial charge is 0.399 e. The van der Waals surface area contributed by atoms with Crippen LogP contribution < -0.4 is 5.73 Å². The van der Waals surface area contributed by atoms with Gasteiger partial charge in [0, 0.05) is 44.4 Å². The van der Waals surface area contributed by atoms with Crippen LogP contribution in [0.4, 0.5) is 5.69 Å². The van der Waals surface area contributed by atoms with Crippen molar-refractivity contribution in [1.82, 2.24) is 19.9 Å². The zero-order valence-electron chi connectivity index (χ0n) is 14.3. The van der Waals surface area contributed by atoms with Gasteiger partial charge in [-0.25, -0.2) is 0 Å². The number of benzene rings is 1. The molecule has 2 N–H and O–H groups in total. The van der Waals surface area contributed by atoms with Gasteiger partial charge in [-0.05, 0) is 24.6 Å². The van der Waals surface area contributed by atoms with Gasteiger partial charge in [0.05, 0.1) is 6.54 Å². The van der Waals surface area contributed by atoms with Gasteiger partial charge < -0.3 is 15.2 Å². The SMILES string of the molecule is Cc1nc(CN2CCN(C(=O)c3cc(N)ccc3C)CC2)no1.Cl.Cl. The first-order valence-corrected chi connectivity index (χ1v) is 7.70. The van der Waals surface area contributed by atoms with Gasteiger partial charge in [-0.15, -0.1) is 24.8 Å². The number of nitrogen functional groups attached to an aromatic ring is 1. The third kappa shape index (κ3) is 5.07. The van der Waals surface area contributed by atoms with E-state index in [2.05, 4.69) is 15.0 Å². The molecule has 0 unspecified atom stereocenters. The summed E-state index contributed by atoms with van der Waals surface area (Å²) in [6.07, 6.45) is 0.